The number of rotatable bonds is 42. The summed E-state index contributed by atoms with van der Waals surface area (Å²) in [6, 6.07) is 0. The predicted octanol–water partition coefficient (Wildman–Crippen LogP) is 14.1. The van der Waals surface area contributed by atoms with Crippen molar-refractivity contribution in [3.63, 3.8) is 0 Å². The maximum atomic E-state index is 13.0. The van der Waals surface area contributed by atoms with Crippen molar-refractivity contribution in [3.05, 3.63) is 24.3 Å². The van der Waals surface area contributed by atoms with Crippen molar-refractivity contribution < 1.29 is 28.6 Å². The Kier molecular flexibility index (Phi) is 40.4. The Hall–Kier alpha value is -2.15. The molecule has 334 valence electrons. The van der Waals surface area contributed by atoms with E-state index in [4.69, 9.17) is 14.2 Å². The first-order valence-electron chi connectivity index (χ1n) is 24.0. The molecule has 0 aliphatic rings. The maximum Gasteiger partial charge on any atom is 0.306 e. The van der Waals surface area contributed by atoms with E-state index in [0.29, 0.717) is 31.5 Å². The summed E-state index contributed by atoms with van der Waals surface area (Å²) in [5, 5.41) is 0. The summed E-state index contributed by atoms with van der Waals surface area (Å²) < 4.78 is 16.1. The van der Waals surface area contributed by atoms with Gasteiger partial charge in [0, 0.05) is 26.8 Å². The molecule has 0 spiro atoms. The minimum absolute atomic E-state index is 0.000203. The van der Waals surface area contributed by atoms with E-state index < -0.39 is 0 Å². The number of allylic oxidation sites excluding steroid dienone is 4. The van der Waals surface area contributed by atoms with Gasteiger partial charge in [0.25, 0.3) is 0 Å². The van der Waals surface area contributed by atoms with E-state index in [0.717, 1.165) is 57.9 Å². The highest BCUT2D eigenvalue weighted by Gasteiger charge is 2.20. The first-order chi connectivity index (χ1) is 27.6. The van der Waals surface area contributed by atoms with Gasteiger partial charge in [-0.2, -0.15) is 0 Å². The van der Waals surface area contributed by atoms with Gasteiger partial charge in [0.2, 0.25) is 0 Å². The molecule has 0 heterocycles. The summed E-state index contributed by atoms with van der Waals surface area (Å²) in [5.41, 5.74) is 0. The van der Waals surface area contributed by atoms with Crippen LogP contribution in [-0.4, -0.2) is 62.8 Å². The highest BCUT2D eigenvalue weighted by atomic mass is 16.5. The first-order valence-corrected chi connectivity index (χ1v) is 24.0. The lowest BCUT2D eigenvalue weighted by atomic mass is 9.92. The third kappa shape index (κ3) is 43.3. The summed E-state index contributed by atoms with van der Waals surface area (Å²) in [5.74, 6) is 0.451. The molecule has 0 fully saturated rings. The van der Waals surface area contributed by atoms with Crippen molar-refractivity contribution >= 4 is 17.9 Å². The van der Waals surface area contributed by atoms with Gasteiger partial charge >= 0.3 is 17.9 Å². The number of unbranched alkanes of at least 4 members (excludes halogenated alkanes) is 24. The summed E-state index contributed by atoms with van der Waals surface area (Å²) in [6.07, 6.45) is 46.4. The number of hydrogen-bond donors (Lipinski definition) is 0. The van der Waals surface area contributed by atoms with Crippen LogP contribution in [0.25, 0.3) is 0 Å². The summed E-state index contributed by atoms with van der Waals surface area (Å²) >= 11 is 0. The van der Waals surface area contributed by atoms with Gasteiger partial charge in [-0.15, -0.1) is 0 Å². The number of hydrogen-bond acceptors (Lipinski definition) is 7. The van der Waals surface area contributed by atoms with Crippen LogP contribution in [0.2, 0.25) is 0 Å². The minimum Gasteiger partial charge on any atom is -0.466 e. The number of carbonyl (C=O) groups excluding carboxylic acids is 3. The Labute approximate surface area is 353 Å². The minimum atomic E-state index is -0.173. The van der Waals surface area contributed by atoms with E-state index in [1.807, 2.05) is 0 Å². The van der Waals surface area contributed by atoms with E-state index in [2.05, 4.69) is 57.1 Å². The Morgan fingerprint density at radius 2 is 0.772 bits per heavy atom. The maximum absolute atomic E-state index is 13.0. The van der Waals surface area contributed by atoms with Crippen LogP contribution in [0.4, 0.5) is 0 Å². The van der Waals surface area contributed by atoms with Gasteiger partial charge in [0.1, 0.15) is 6.10 Å². The molecular formula is C50H93NO6. The second-order valence-electron chi connectivity index (χ2n) is 17.4. The summed E-state index contributed by atoms with van der Waals surface area (Å²) in [4.78, 5) is 36.8. The molecule has 0 rings (SSSR count). The molecule has 57 heavy (non-hydrogen) atoms. The lowest BCUT2D eigenvalue weighted by Gasteiger charge is -2.24. The number of carbonyl (C=O) groups is 3. The molecular weight excluding hydrogens is 711 g/mol. The number of nitrogens with zero attached hydrogens (tertiary/aromatic N) is 1. The van der Waals surface area contributed by atoms with Crippen molar-refractivity contribution in [1.29, 1.82) is 0 Å². The highest BCUT2D eigenvalue weighted by Crippen LogP contribution is 2.21. The van der Waals surface area contributed by atoms with Gasteiger partial charge < -0.3 is 19.1 Å². The first kappa shape index (κ1) is 54.9. The molecule has 0 saturated heterocycles. The van der Waals surface area contributed by atoms with Crippen molar-refractivity contribution in [2.45, 2.75) is 233 Å². The molecule has 0 bridgehead atoms. The second-order valence-corrected chi connectivity index (χ2v) is 17.4. The molecule has 0 saturated carbocycles. The summed E-state index contributed by atoms with van der Waals surface area (Å²) in [7, 11) is 4.20. The van der Waals surface area contributed by atoms with Crippen molar-refractivity contribution in [3.8, 4) is 0 Å². The molecule has 2 atom stereocenters. The molecule has 0 aromatic carbocycles. The van der Waals surface area contributed by atoms with Gasteiger partial charge in [0.05, 0.1) is 13.2 Å². The Morgan fingerprint density at radius 1 is 0.456 bits per heavy atom. The Bertz CT molecular complexity index is 920. The van der Waals surface area contributed by atoms with Gasteiger partial charge in [-0.25, -0.2) is 0 Å². The molecule has 7 heteroatoms. The smallest absolute Gasteiger partial charge is 0.306 e. The molecule has 2 unspecified atom stereocenters. The van der Waals surface area contributed by atoms with Crippen molar-refractivity contribution in [1.82, 2.24) is 4.90 Å². The van der Waals surface area contributed by atoms with Crippen molar-refractivity contribution in [2.24, 2.45) is 11.8 Å². The SMILES string of the molecule is CC(=O)OCCCCCCCC/C=C\CCCCCCCCC(CCCCCCCC/C=C\CCCCCCCCOC(C)=O)OC(=O)CC(C)C(C)CN(C)C. The van der Waals surface area contributed by atoms with Crippen LogP contribution in [-0.2, 0) is 28.6 Å². The fraction of sp³-hybridized carbons (Fsp3) is 0.860. The van der Waals surface area contributed by atoms with E-state index >= 15 is 0 Å². The number of ether oxygens (including phenoxy) is 3. The van der Waals surface area contributed by atoms with Crippen LogP contribution < -0.4 is 0 Å². The third-order valence-electron chi connectivity index (χ3n) is 11.2. The second kappa shape index (κ2) is 42.0. The number of esters is 3. The lowest BCUT2D eigenvalue weighted by Crippen LogP contribution is -2.27. The van der Waals surface area contributed by atoms with E-state index in [1.54, 1.807) is 0 Å². The fourth-order valence-corrected chi connectivity index (χ4v) is 7.44. The molecule has 0 N–H and O–H groups in total. The standard InChI is InChI=1S/C50H93NO6/c1-45(46(2)44-51(5)6)43-50(54)57-49(39-35-31-27-23-19-15-11-7-9-13-17-21-25-29-33-37-41-55-47(3)52)40-36-32-28-24-20-16-12-8-10-14-18-22-26-30-34-38-42-56-48(4)53/h7-10,45-46,49H,11-44H2,1-6H3/b9-7-,10-8-. The van der Waals surface area contributed by atoms with Crippen LogP contribution in [0.1, 0.15) is 227 Å². The van der Waals surface area contributed by atoms with Crippen molar-refractivity contribution in [2.75, 3.05) is 33.9 Å². The molecule has 0 aliphatic heterocycles. The van der Waals surface area contributed by atoms with Crippen LogP contribution in [0.15, 0.2) is 24.3 Å². The average Bonchev–Trinajstić information content (AvgIpc) is 3.15. The van der Waals surface area contributed by atoms with Gasteiger partial charge in [-0.05, 0) is 116 Å². The molecule has 0 aliphatic carbocycles. The van der Waals surface area contributed by atoms with Crippen LogP contribution >= 0.6 is 0 Å². The van der Waals surface area contributed by atoms with E-state index in [1.165, 1.54) is 155 Å². The normalized spacial score (nSPS) is 12.9. The van der Waals surface area contributed by atoms with Gasteiger partial charge in [-0.1, -0.05) is 141 Å². The largest absolute Gasteiger partial charge is 0.466 e. The molecule has 0 radical (unpaired) electrons. The zero-order chi connectivity index (χ0) is 42.0. The van der Waals surface area contributed by atoms with E-state index in [-0.39, 0.29) is 24.0 Å². The predicted molar refractivity (Wildman–Crippen MR) is 241 cm³/mol. The third-order valence-corrected chi connectivity index (χ3v) is 11.2. The molecule has 0 aromatic rings. The van der Waals surface area contributed by atoms with Gasteiger partial charge in [0.15, 0.2) is 0 Å². The average molecular weight is 804 g/mol. The summed E-state index contributed by atoms with van der Waals surface area (Å²) in [6.45, 7) is 9.52. The van der Waals surface area contributed by atoms with E-state index in [9.17, 15) is 14.4 Å². The lowest BCUT2D eigenvalue weighted by molar-refractivity contribution is -0.151. The Balaban J connectivity index is 4.11. The molecule has 0 aromatic heterocycles. The molecule has 7 nitrogen and oxygen atoms in total. The quantitative estimate of drug-likeness (QED) is 0.0263. The topological polar surface area (TPSA) is 82.1 Å². The van der Waals surface area contributed by atoms with Crippen LogP contribution in [0, 0.1) is 11.8 Å². The Morgan fingerprint density at radius 3 is 1.11 bits per heavy atom. The molecule has 0 amide bonds. The zero-order valence-corrected chi connectivity index (χ0v) is 38.5. The van der Waals surface area contributed by atoms with Crippen LogP contribution in [0.5, 0.6) is 0 Å². The highest BCUT2D eigenvalue weighted by molar-refractivity contribution is 5.69. The van der Waals surface area contributed by atoms with Crippen LogP contribution in [0.3, 0.4) is 0 Å². The van der Waals surface area contributed by atoms with Gasteiger partial charge in [-0.3, -0.25) is 14.4 Å². The fourth-order valence-electron chi connectivity index (χ4n) is 7.44. The monoisotopic (exact) mass is 804 g/mol. The zero-order valence-electron chi connectivity index (χ0n) is 38.5.